The summed E-state index contributed by atoms with van der Waals surface area (Å²) < 4.78 is 5.89. The van der Waals surface area contributed by atoms with E-state index in [0.29, 0.717) is 19.3 Å². The molecule has 0 aliphatic heterocycles. The number of nitrogens with one attached hydrogen (secondary N) is 1. The topological polar surface area (TPSA) is 95.9 Å². The van der Waals surface area contributed by atoms with E-state index >= 15 is 0 Å². The SMILES string of the molecule is CC/C=C\C/C=C\C/C=C\C/C=C\C/C=C\CCCCCC(=O)OC(CCC/C=C\CCCCCCCCC)CC(=O)NC(CO)C(O)CCCCCCCCCCC. The zero-order valence-electron chi connectivity index (χ0n) is 38.6. The fourth-order valence-corrected chi connectivity index (χ4v) is 7.04. The second kappa shape index (κ2) is 46.4. The van der Waals surface area contributed by atoms with E-state index in [9.17, 15) is 19.8 Å². The Bertz CT molecular complexity index is 1110. The highest BCUT2D eigenvalue weighted by molar-refractivity contribution is 5.77. The Hall–Kier alpha value is -2.70. The van der Waals surface area contributed by atoms with Gasteiger partial charge < -0.3 is 20.3 Å². The van der Waals surface area contributed by atoms with E-state index in [1.165, 1.54) is 83.5 Å². The number of aliphatic hydroxyl groups excluding tert-OH is 2. The van der Waals surface area contributed by atoms with Crippen molar-refractivity contribution in [3.63, 3.8) is 0 Å². The van der Waals surface area contributed by atoms with Gasteiger partial charge in [0.2, 0.25) is 5.91 Å². The molecular formula is C53H93NO5. The first kappa shape index (κ1) is 56.3. The molecule has 0 radical (unpaired) electrons. The molecule has 0 aromatic carbocycles. The van der Waals surface area contributed by atoms with Crippen molar-refractivity contribution in [2.45, 2.75) is 244 Å². The van der Waals surface area contributed by atoms with Crippen LogP contribution in [0.4, 0.5) is 0 Å². The van der Waals surface area contributed by atoms with Crippen LogP contribution in [0.3, 0.4) is 0 Å². The molecule has 340 valence electrons. The number of allylic oxidation sites excluding steroid dienone is 12. The summed E-state index contributed by atoms with van der Waals surface area (Å²) in [5.41, 5.74) is 0. The van der Waals surface area contributed by atoms with E-state index in [1.807, 2.05) is 0 Å². The molecule has 3 unspecified atom stereocenters. The molecule has 0 aromatic heterocycles. The third-order valence-corrected chi connectivity index (χ3v) is 10.8. The number of amides is 1. The summed E-state index contributed by atoms with van der Waals surface area (Å²) >= 11 is 0. The maximum atomic E-state index is 13.1. The van der Waals surface area contributed by atoms with Crippen LogP contribution >= 0.6 is 0 Å². The summed E-state index contributed by atoms with van der Waals surface area (Å²) in [5, 5.41) is 23.6. The van der Waals surface area contributed by atoms with Crippen LogP contribution in [0.25, 0.3) is 0 Å². The number of carbonyl (C=O) groups excluding carboxylic acids is 2. The van der Waals surface area contributed by atoms with E-state index in [1.54, 1.807) is 0 Å². The molecule has 0 bridgehead atoms. The lowest BCUT2D eigenvalue weighted by Gasteiger charge is -2.24. The number of aliphatic hydroxyl groups is 2. The summed E-state index contributed by atoms with van der Waals surface area (Å²) in [7, 11) is 0. The fourth-order valence-electron chi connectivity index (χ4n) is 7.04. The van der Waals surface area contributed by atoms with Crippen LogP contribution in [-0.2, 0) is 14.3 Å². The smallest absolute Gasteiger partial charge is 0.306 e. The largest absolute Gasteiger partial charge is 0.462 e. The van der Waals surface area contributed by atoms with Gasteiger partial charge in [-0.3, -0.25) is 9.59 Å². The molecular weight excluding hydrogens is 731 g/mol. The third-order valence-electron chi connectivity index (χ3n) is 10.8. The zero-order chi connectivity index (χ0) is 43.1. The Balaban J connectivity index is 4.64. The summed E-state index contributed by atoms with van der Waals surface area (Å²) in [4.78, 5) is 26.0. The van der Waals surface area contributed by atoms with Crippen molar-refractivity contribution in [3.05, 3.63) is 72.9 Å². The minimum absolute atomic E-state index is 0.0405. The van der Waals surface area contributed by atoms with Crippen LogP contribution in [0.2, 0.25) is 0 Å². The monoisotopic (exact) mass is 824 g/mol. The van der Waals surface area contributed by atoms with Crippen LogP contribution in [0.1, 0.15) is 226 Å². The molecule has 0 heterocycles. The van der Waals surface area contributed by atoms with Gasteiger partial charge in [0.15, 0.2) is 0 Å². The lowest BCUT2D eigenvalue weighted by atomic mass is 10.0. The van der Waals surface area contributed by atoms with Gasteiger partial charge in [0.25, 0.3) is 0 Å². The molecule has 0 aliphatic carbocycles. The lowest BCUT2D eigenvalue weighted by Crippen LogP contribution is -2.46. The molecule has 0 aromatic rings. The van der Waals surface area contributed by atoms with Gasteiger partial charge in [-0.05, 0) is 89.9 Å². The minimum Gasteiger partial charge on any atom is -0.462 e. The first-order valence-electron chi connectivity index (χ1n) is 24.7. The lowest BCUT2D eigenvalue weighted by molar-refractivity contribution is -0.151. The minimum atomic E-state index is -0.800. The summed E-state index contributed by atoms with van der Waals surface area (Å²) in [5.74, 6) is -0.546. The number of hydrogen-bond acceptors (Lipinski definition) is 5. The van der Waals surface area contributed by atoms with Gasteiger partial charge in [0, 0.05) is 6.42 Å². The molecule has 0 fully saturated rings. The van der Waals surface area contributed by atoms with Gasteiger partial charge in [-0.1, -0.05) is 196 Å². The van der Waals surface area contributed by atoms with Gasteiger partial charge in [0.05, 0.1) is 25.2 Å². The molecule has 3 atom stereocenters. The molecule has 0 saturated heterocycles. The Morgan fingerprint density at radius 3 is 1.44 bits per heavy atom. The summed E-state index contributed by atoms with van der Waals surface area (Å²) in [6.07, 6.45) is 58.2. The molecule has 3 N–H and O–H groups in total. The maximum Gasteiger partial charge on any atom is 0.306 e. The van der Waals surface area contributed by atoms with Crippen molar-refractivity contribution < 1.29 is 24.5 Å². The third kappa shape index (κ3) is 41.8. The normalized spacial score (nSPS) is 13.9. The predicted molar refractivity (Wildman–Crippen MR) is 255 cm³/mol. The van der Waals surface area contributed by atoms with E-state index in [4.69, 9.17) is 4.74 Å². The van der Waals surface area contributed by atoms with Gasteiger partial charge in [-0.25, -0.2) is 0 Å². The molecule has 6 nitrogen and oxygen atoms in total. The molecule has 0 rings (SSSR count). The van der Waals surface area contributed by atoms with E-state index in [0.717, 1.165) is 96.3 Å². The van der Waals surface area contributed by atoms with Crippen LogP contribution in [0.5, 0.6) is 0 Å². The van der Waals surface area contributed by atoms with Crippen molar-refractivity contribution in [1.82, 2.24) is 5.32 Å². The highest BCUT2D eigenvalue weighted by Gasteiger charge is 2.24. The molecule has 0 spiro atoms. The highest BCUT2D eigenvalue weighted by Crippen LogP contribution is 2.16. The number of unbranched alkanes of at least 4 members (excludes halogenated alkanes) is 19. The van der Waals surface area contributed by atoms with Crippen LogP contribution in [0, 0.1) is 0 Å². The van der Waals surface area contributed by atoms with Crippen molar-refractivity contribution >= 4 is 11.9 Å². The number of carbonyl (C=O) groups is 2. The van der Waals surface area contributed by atoms with E-state index in [2.05, 4.69) is 99.0 Å². The van der Waals surface area contributed by atoms with Gasteiger partial charge in [-0.2, -0.15) is 0 Å². The van der Waals surface area contributed by atoms with Crippen LogP contribution in [0.15, 0.2) is 72.9 Å². The van der Waals surface area contributed by atoms with Crippen molar-refractivity contribution in [2.75, 3.05) is 6.61 Å². The highest BCUT2D eigenvalue weighted by atomic mass is 16.5. The Morgan fingerprint density at radius 2 is 0.932 bits per heavy atom. The molecule has 0 saturated carbocycles. The molecule has 59 heavy (non-hydrogen) atoms. The van der Waals surface area contributed by atoms with Gasteiger partial charge >= 0.3 is 5.97 Å². The number of rotatable bonds is 43. The number of esters is 1. The van der Waals surface area contributed by atoms with E-state index in [-0.39, 0.29) is 24.9 Å². The van der Waals surface area contributed by atoms with Crippen molar-refractivity contribution in [1.29, 1.82) is 0 Å². The summed E-state index contributed by atoms with van der Waals surface area (Å²) in [6.45, 7) is 6.32. The van der Waals surface area contributed by atoms with Crippen molar-refractivity contribution in [3.8, 4) is 0 Å². The van der Waals surface area contributed by atoms with Gasteiger partial charge in [0.1, 0.15) is 6.10 Å². The Morgan fingerprint density at radius 1 is 0.508 bits per heavy atom. The Kier molecular flexibility index (Phi) is 44.2. The second-order valence-electron chi connectivity index (χ2n) is 16.5. The Labute approximate surface area is 364 Å². The average Bonchev–Trinajstić information content (AvgIpc) is 3.23. The fraction of sp³-hybridized carbons (Fsp3) is 0.736. The molecule has 1 amide bonds. The quantitative estimate of drug-likeness (QED) is 0.0323. The summed E-state index contributed by atoms with van der Waals surface area (Å²) in [6, 6.07) is -0.717. The van der Waals surface area contributed by atoms with Crippen LogP contribution in [-0.4, -0.2) is 46.9 Å². The molecule has 6 heteroatoms. The zero-order valence-corrected chi connectivity index (χ0v) is 38.6. The first-order valence-corrected chi connectivity index (χ1v) is 24.7. The van der Waals surface area contributed by atoms with Gasteiger partial charge in [-0.15, -0.1) is 0 Å². The predicted octanol–water partition coefficient (Wildman–Crippen LogP) is 14.6. The first-order chi connectivity index (χ1) is 29.0. The number of hydrogen-bond donors (Lipinski definition) is 3. The maximum absolute atomic E-state index is 13.1. The van der Waals surface area contributed by atoms with Crippen LogP contribution < -0.4 is 5.32 Å². The molecule has 0 aliphatic rings. The van der Waals surface area contributed by atoms with Crippen molar-refractivity contribution in [2.24, 2.45) is 0 Å². The average molecular weight is 824 g/mol. The second-order valence-corrected chi connectivity index (χ2v) is 16.5. The number of ether oxygens (including phenoxy) is 1. The van der Waals surface area contributed by atoms with E-state index < -0.39 is 18.2 Å². The standard InChI is InChI=1S/C53H93NO5/c1-4-7-10-13-16-19-21-23-24-25-26-27-28-29-31-34-37-40-43-46-53(58)59-49(44-41-38-35-33-30-22-20-17-14-11-8-5-2)47-52(57)54-50(48-55)51(56)45-42-39-36-32-18-15-12-9-6-3/h7,10,16,19,23-24,26-27,29,31,33,35,49-51,55-56H,4-6,8-9,11-15,17-18,20-22,25,28,30,32,34,36-48H2,1-3H3,(H,54,57)/b10-7-,19-16-,24-23-,27-26-,31-29-,35-33-.